The van der Waals surface area contributed by atoms with Crippen molar-refractivity contribution in [3.05, 3.63) is 358 Å². The van der Waals surface area contributed by atoms with Crippen LogP contribution in [-0.4, -0.2) is 0 Å². The van der Waals surface area contributed by atoms with E-state index in [0.29, 0.717) is 0 Å². The van der Waals surface area contributed by atoms with Crippen molar-refractivity contribution in [3.8, 4) is 66.8 Å². The first-order valence-electron chi connectivity index (χ1n) is 29.4. The van der Waals surface area contributed by atoms with E-state index in [2.05, 4.69) is 356 Å². The summed E-state index contributed by atoms with van der Waals surface area (Å²) in [4.78, 5) is 0. The maximum atomic E-state index is 2.24. The van der Waals surface area contributed by atoms with Gasteiger partial charge in [0.25, 0.3) is 0 Å². The van der Waals surface area contributed by atoms with Crippen LogP contribution >= 0.6 is 0 Å². The summed E-state index contributed by atoms with van der Waals surface area (Å²) >= 11 is 0. The van der Waals surface area contributed by atoms with Crippen LogP contribution in [0.2, 0.25) is 0 Å². The molecule has 0 spiro atoms. The van der Waals surface area contributed by atoms with Gasteiger partial charge in [0.1, 0.15) is 0 Å². The van der Waals surface area contributed by atoms with Crippen LogP contribution in [0.3, 0.4) is 0 Å². The Labute approximate surface area is 504 Å². The third kappa shape index (κ3) is 18.6. The van der Waals surface area contributed by atoms with Gasteiger partial charge in [0, 0.05) is 0 Å². The van der Waals surface area contributed by atoms with Gasteiger partial charge >= 0.3 is 0 Å². The van der Waals surface area contributed by atoms with Crippen LogP contribution in [0.15, 0.2) is 291 Å². The summed E-state index contributed by atoms with van der Waals surface area (Å²) in [5.41, 5.74) is 31.8. The Morgan fingerprint density at radius 2 is 0.512 bits per heavy atom. The first-order chi connectivity index (χ1) is 40.6. The largest absolute Gasteiger partial charge is 0.0622 e. The molecule has 0 fully saturated rings. The minimum absolute atomic E-state index is 1.29. The lowest BCUT2D eigenvalue weighted by molar-refractivity contribution is 1.34. The molecule has 12 aromatic carbocycles. The van der Waals surface area contributed by atoms with Gasteiger partial charge in [0.2, 0.25) is 0 Å². The van der Waals surface area contributed by atoms with E-state index in [9.17, 15) is 0 Å². The van der Waals surface area contributed by atoms with Gasteiger partial charge in [0.05, 0.1) is 0 Å². The van der Waals surface area contributed by atoms with Gasteiger partial charge in [-0.15, -0.1) is 0 Å². The molecule has 0 saturated heterocycles. The fourth-order valence-corrected chi connectivity index (χ4v) is 10.4. The molecule has 0 heteroatoms. The molecule has 420 valence electrons. The molecule has 0 amide bonds. The van der Waals surface area contributed by atoms with Gasteiger partial charge in [-0.05, 0) is 194 Å². The highest BCUT2D eigenvalue weighted by atomic mass is 14.1. The molecule has 84 heavy (non-hydrogen) atoms. The maximum Gasteiger partial charge on any atom is -0.0125 e. The molecule has 0 unspecified atom stereocenters. The summed E-state index contributed by atoms with van der Waals surface area (Å²) in [6.45, 7) is 25.8. The highest BCUT2D eigenvalue weighted by Crippen LogP contribution is 2.29. The molecule has 12 rings (SSSR count). The van der Waals surface area contributed by atoms with E-state index in [1.165, 1.54) is 134 Å². The van der Waals surface area contributed by atoms with Crippen LogP contribution in [0, 0.1) is 83.1 Å². The van der Waals surface area contributed by atoms with E-state index >= 15 is 0 Å². The predicted molar refractivity (Wildman–Crippen MR) is 368 cm³/mol. The second-order valence-electron chi connectivity index (χ2n) is 22.0. The van der Waals surface area contributed by atoms with Crippen molar-refractivity contribution in [2.75, 3.05) is 0 Å². The van der Waals surface area contributed by atoms with Gasteiger partial charge in [0.15, 0.2) is 0 Å². The lowest BCUT2D eigenvalue weighted by atomic mass is 9.96. The SMILES string of the molecule is Cc1cc(C)cc(-c2ccccc2)c1.Cc1ccc(-c2ccccc2)c(C)c1.Cc1ccc(-c2ccccc2)cc1C.Cc1cccc(-c2ccccc2C)c1.Cc1cccc(C)c1-c1ccccc1.Cc1ccccc1-c1ccccc1C. The average molecular weight is 1090 g/mol. The van der Waals surface area contributed by atoms with Crippen molar-refractivity contribution in [1.29, 1.82) is 0 Å². The molecule has 0 bridgehead atoms. The monoisotopic (exact) mass is 1090 g/mol. The Morgan fingerprint density at radius 3 is 0.976 bits per heavy atom. The average Bonchev–Trinajstić information content (AvgIpc) is 3.50. The fourth-order valence-electron chi connectivity index (χ4n) is 10.4. The maximum absolute atomic E-state index is 2.24. The Kier molecular flexibility index (Phi) is 23.5. The van der Waals surface area contributed by atoms with Gasteiger partial charge in [-0.2, -0.15) is 0 Å². The molecule has 0 atom stereocenters. The quantitative estimate of drug-likeness (QED) is 0.156. The van der Waals surface area contributed by atoms with Crippen molar-refractivity contribution in [2.45, 2.75) is 83.1 Å². The molecule has 12 aromatic rings. The van der Waals surface area contributed by atoms with Crippen LogP contribution < -0.4 is 0 Å². The molecule has 0 nitrogen and oxygen atoms in total. The minimum atomic E-state index is 1.29. The molecule has 0 saturated carbocycles. The lowest BCUT2D eigenvalue weighted by Gasteiger charge is -2.09. The Morgan fingerprint density at radius 1 is 0.143 bits per heavy atom. The predicted octanol–water partition coefficient (Wildman–Crippen LogP) is 23.8. The van der Waals surface area contributed by atoms with Crippen molar-refractivity contribution < 1.29 is 0 Å². The van der Waals surface area contributed by atoms with E-state index in [0.717, 1.165) is 0 Å². The second-order valence-corrected chi connectivity index (χ2v) is 22.0. The third-order valence-electron chi connectivity index (χ3n) is 15.0. The molecule has 0 aliphatic carbocycles. The molecule has 0 radical (unpaired) electrons. The summed E-state index contributed by atoms with van der Waals surface area (Å²) in [6.07, 6.45) is 0. The Hall–Kier alpha value is -9.36. The smallest absolute Gasteiger partial charge is 0.0125 e. The van der Waals surface area contributed by atoms with Gasteiger partial charge in [-0.3, -0.25) is 0 Å². The summed E-state index contributed by atoms with van der Waals surface area (Å²) in [7, 11) is 0. The van der Waals surface area contributed by atoms with Crippen LogP contribution in [0.1, 0.15) is 66.8 Å². The van der Waals surface area contributed by atoms with Crippen molar-refractivity contribution in [1.82, 2.24) is 0 Å². The molecule has 0 aromatic heterocycles. The van der Waals surface area contributed by atoms with E-state index in [-0.39, 0.29) is 0 Å². The Bertz CT molecular complexity index is 3860. The van der Waals surface area contributed by atoms with Gasteiger partial charge < -0.3 is 0 Å². The second kappa shape index (κ2) is 31.7. The van der Waals surface area contributed by atoms with Gasteiger partial charge in [-0.25, -0.2) is 0 Å². The zero-order valence-electron chi connectivity index (χ0n) is 51.7. The third-order valence-corrected chi connectivity index (χ3v) is 15.0. The topological polar surface area (TPSA) is 0 Å². The van der Waals surface area contributed by atoms with Gasteiger partial charge in [-0.1, -0.05) is 313 Å². The standard InChI is InChI=1S/6C14H14/c1-11-7-3-5-9-13(11)14-10-6-4-8-12(14)2;1-11-6-5-8-13(10-11)14-9-4-3-7-12(14)2;1-11-7-6-8-12(2)14(11)13-9-4-3-5-10-13;1-11-8-12(2)10-14(9-11)13-6-4-3-5-7-13;1-11-8-9-14(10-12(11)2)13-6-4-3-5-7-13;1-11-8-9-14(12(2)10-11)13-6-4-3-5-7-13/h6*3-10H,1-2H3. The van der Waals surface area contributed by atoms with E-state index in [4.69, 9.17) is 0 Å². The van der Waals surface area contributed by atoms with Crippen molar-refractivity contribution >= 4 is 0 Å². The van der Waals surface area contributed by atoms with Crippen LogP contribution in [0.5, 0.6) is 0 Å². The first kappa shape index (κ1) is 62.2. The molecular weight excluding hydrogens is 1010 g/mol. The molecule has 0 aliphatic rings. The zero-order valence-corrected chi connectivity index (χ0v) is 51.7. The normalized spacial score (nSPS) is 10.1. The number of rotatable bonds is 6. The number of aryl methyl sites for hydroxylation is 12. The van der Waals surface area contributed by atoms with E-state index in [1.54, 1.807) is 0 Å². The summed E-state index contributed by atoms with van der Waals surface area (Å²) in [5, 5.41) is 0. The molecule has 0 N–H and O–H groups in total. The minimum Gasteiger partial charge on any atom is -0.0622 e. The number of benzene rings is 12. The summed E-state index contributed by atoms with van der Waals surface area (Å²) in [5.74, 6) is 0. The first-order valence-corrected chi connectivity index (χ1v) is 29.4. The van der Waals surface area contributed by atoms with Crippen molar-refractivity contribution in [3.63, 3.8) is 0 Å². The lowest BCUT2D eigenvalue weighted by Crippen LogP contribution is -1.86. The Balaban J connectivity index is 0.000000145. The molecule has 0 heterocycles. The van der Waals surface area contributed by atoms with Crippen LogP contribution in [0.4, 0.5) is 0 Å². The van der Waals surface area contributed by atoms with E-state index < -0.39 is 0 Å². The molecular formula is C84H84. The number of hydrogen-bond donors (Lipinski definition) is 0. The van der Waals surface area contributed by atoms with Crippen LogP contribution in [0.25, 0.3) is 66.8 Å². The van der Waals surface area contributed by atoms with Crippen molar-refractivity contribution in [2.24, 2.45) is 0 Å². The molecule has 0 aliphatic heterocycles. The summed E-state index contributed by atoms with van der Waals surface area (Å²) < 4.78 is 0. The summed E-state index contributed by atoms with van der Waals surface area (Å²) in [6, 6.07) is 102. The van der Waals surface area contributed by atoms with Crippen LogP contribution in [-0.2, 0) is 0 Å². The zero-order chi connectivity index (χ0) is 59.8. The highest BCUT2D eigenvalue weighted by molar-refractivity contribution is 5.72. The van der Waals surface area contributed by atoms with E-state index in [1.807, 2.05) is 18.2 Å². The number of hydrogen-bond acceptors (Lipinski definition) is 0. The highest BCUT2D eigenvalue weighted by Gasteiger charge is 2.06. The fraction of sp³-hybridized carbons (Fsp3) is 0.143.